The van der Waals surface area contributed by atoms with Gasteiger partial charge in [-0.3, -0.25) is 14.4 Å². The summed E-state index contributed by atoms with van der Waals surface area (Å²) in [5, 5.41) is 3.61. The second-order valence-corrected chi connectivity index (χ2v) is 7.97. The van der Waals surface area contributed by atoms with Crippen LogP contribution < -0.4 is 5.32 Å². The van der Waals surface area contributed by atoms with E-state index in [9.17, 15) is 14.4 Å². The predicted octanol–water partition coefficient (Wildman–Crippen LogP) is 3.03. The molecule has 1 N–H and O–H groups in total. The van der Waals surface area contributed by atoms with E-state index < -0.39 is 0 Å². The first-order chi connectivity index (χ1) is 14.4. The number of nitrogens with one attached hydrogen (secondary N) is 1. The molecule has 1 aliphatic heterocycles. The number of hydrogen-bond acceptors (Lipinski definition) is 3. The highest BCUT2D eigenvalue weighted by atomic mass is 35.5. The Labute approximate surface area is 185 Å². The highest BCUT2D eigenvalue weighted by Crippen LogP contribution is 2.20. The van der Waals surface area contributed by atoms with Gasteiger partial charge in [0.05, 0.1) is 6.42 Å². The van der Waals surface area contributed by atoms with Crippen LogP contribution in [0.4, 0.5) is 0 Å². The van der Waals surface area contributed by atoms with Gasteiger partial charge in [0, 0.05) is 54.8 Å². The Kier molecular flexibility index (Phi) is 7.71. The van der Waals surface area contributed by atoms with Crippen molar-refractivity contribution < 1.29 is 14.4 Å². The zero-order valence-electron chi connectivity index (χ0n) is 16.4. The summed E-state index contributed by atoms with van der Waals surface area (Å²) in [4.78, 5) is 40.4. The molecule has 0 saturated carbocycles. The van der Waals surface area contributed by atoms with Crippen molar-refractivity contribution in [3.63, 3.8) is 0 Å². The summed E-state index contributed by atoms with van der Waals surface area (Å²) in [7, 11) is 0. The predicted molar refractivity (Wildman–Crippen MR) is 117 cm³/mol. The van der Waals surface area contributed by atoms with E-state index >= 15 is 0 Å². The summed E-state index contributed by atoms with van der Waals surface area (Å²) in [5.74, 6) is -0.294. The van der Waals surface area contributed by atoms with Crippen molar-refractivity contribution in [2.24, 2.45) is 0 Å². The van der Waals surface area contributed by atoms with Crippen LogP contribution in [0.5, 0.6) is 0 Å². The minimum Gasteiger partial charge on any atom is -0.355 e. The summed E-state index contributed by atoms with van der Waals surface area (Å²) in [5.41, 5.74) is 1.37. The van der Waals surface area contributed by atoms with E-state index in [2.05, 4.69) is 5.32 Å². The van der Waals surface area contributed by atoms with E-state index in [-0.39, 0.29) is 24.1 Å². The highest BCUT2D eigenvalue weighted by Gasteiger charge is 2.25. The van der Waals surface area contributed by atoms with Gasteiger partial charge in [-0.25, -0.2) is 0 Å². The van der Waals surface area contributed by atoms with Crippen molar-refractivity contribution in [2.45, 2.75) is 12.8 Å². The molecule has 2 aromatic rings. The van der Waals surface area contributed by atoms with Gasteiger partial charge in [0.1, 0.15) is 0 Å². The SMILES string of the molecule is O=C(Cc1ccccc1)NCCC(=O)N1CCN(C(=O)c2cc(Cl)cc(Cl)c2)CC1. The van der Waals surface area contributed by atoms with Gasteiger partial charge < -0.3 is 15.1 Å². The monoisotopic (exact) mass is 447 g/mol. The lowest BCUT2D eigenvalue weighted by atomic mass is 10.1. The van der Waals surface area contributed by atoms with E-state index in [1.807, 2.05) is 30.3 Å². The smallest absolute Gasteiger partial charge is 0.254 e. The number of carbonyl (C=O) groups excluding carboxylic acids is 3. The fourth-order valence-electron chi connectivity index (χ4n) is 3.33. The molecular formula is C22H23Cl2N3O3. The fraction of sp³-hybridized carbons (Fsp3) is 0.318. The molecule has 0 aromatic heterocycles. The van der Waals surface area contributed by atoms with Crippen LogP contribution in [0.2, 0.25) is 10.0 Å². The number of carbonyl (C=O) groups is 3. The van der Waals surface area contributed by atoms with Crippen LogP contribution >= 0.6 is 23.2 Å². The number of nitrogens with zero attached hydrogens (tertiary/aromatic N) is 2. The zero-order chi connectivity index (χ0) is 21.5. The summed E-state index contributed by atoms with van der Waals surface area (Å²) >= 11 is 12.0. The minimum atomic E-state index is -0.153. The number of amides is 3. The van der Waals surface area contributed by atoms with Gasteiger partial charge in [0.15, 0.2) is 0 Å². The maximum absolute atomic E-state index is 12.6. The zero-order valence-corrected chi connectivity index (χ0v) is 18.0. The lowest BCUT2D eigenvalue weighted by Crippen LogP contribution is -2.51. The van der Waals surface area contributed by atoms with Gasteiger partial charge in [0.2, 0.25) is 11.8 Å². The lowest BCUT2D eigenvalue weighted by Gasteiger charge is -2.35. The molecule has 0 unspecified atom stereocenters. The average molecular weight is 448 g/mol. The van der Waals surface area contributed by atoms with Crippen molar-refractivity contribution >= 4 is 40.9 Å². The first-order valence-corrected chi connectivity index (χ1v) is 10.5. The van der Waals surface area contributed by atoms with E-state index in [1.165, 1.54) is 0 Å². The third-order valence-corrected chi connectivity index (χ3v) is 5.33. The molecule has 2 aromatic carbocycles. The standard InChI is InChI=1S/C22H23Cl2N3O3/c23-18-13-17(14-19(24)15-18)22(30)27-10-8-26(9-11-27)21(29)6-7-25-20(28)12-16-4-2-1-3-5-16/h1-5,13-15H,6-12H2,(H,25,28). The third-order valence-electron chi connectivity index (χ3n) is 4.90. The van der Waals surface area contributed by atoms with Crippen molar-refractivity contribution in [1.82, 2.24) is 15.1 Å². The molecule has 0 spiro atoms. The molecule has 0 bridgehead atoms. The van der Waals surface area contributed by atoms with Crippen molar-refractivity contribution in [2.75, 3.05) is 32.7 Å². The molecule has 30 heavy (non-hydrogen) atoms. The van der Waals surface area contributed by atoms with Crippen molar-refractivity contribution in [1.29, 1.82) is 0 Å². The number of hydrogen-bond donors (Lipinski definition) is 1. The van der Waals surface area contributed by atoms with Crippen LogP contribution in [0.3, 0.4) is 0 Å². The highest BCUT2D eigenvalue weighted by molar-refractivity contribution is 6.35. The van der Waals surface area contributed by atoms with E-state index in [0.717, 1.165) is 5.56 Å². The summed E-state index contributed by atoms with van der Waals surface area (Å²) in [6.07, 6.45) is 0.529. The first kappa shape index (κ1) is 22.1. The second kappa shape index (κ2) is 10.5. The van der Waals surface area contributed by atoms with Gasteiger partial charge in [-0.15, -0.1) is 0 Å². The molecule has 0 aliphatic carbocycles. The van der Waals surface area contributed by atoms with E-state index in [4.69, 9.17) is 23.2 Å². The third kappa shape index (κ3) is 6.21. The van der Waals surface area contributed by atoms with Crippen LogP contribution in [-0.2, 0) is 16.0 Å². The van der Waals surface area contributed by atoms with E-state index in [1.54, 1.807) is 28.0 Å². The maximum Gasteiger partial charge on any atom is 0.254 e. The van der Waals surface area contributed by atoms with Gasteiger partial charge in [-0.05, 0) is 23.8 Å². The number of halogens is 2. The van der Waals surface area contributed by atoms with E-state index in [0.29, 0.717) is 54.8 Å². The van der Waals surface area contributed by atoms with Gasteiger partial charge >= 0.3 is 0 Å². The van der Waals surface area contributed by atoms with Crippen LogP contribution in [-0.4, -0.2) is 60.2 Å². The number of benzene rings is 2. The quantitative estimate of drug-likeness (QED) is 0.739. The average Bonchev–Trinajstić information content (AvgIpc) is 2.73. The van der Waals surface area contributed by atoms with Crippen LogP contribution in [0.25, 0.3) is 0 Å². The molecule has 0 atom stereocenters. The maximum atomic E-state index is 12.6. The molecule has 1 fully saturated rings. The van der Waals surface area contributed by atoms with Crippen LogP contribution in [0.15, 0.2) is 48.5 Å². The second-order valence-electron chi connectivity index (χ2n) is 7.09. The Morgan fingerprint density at radius 1 is 0.867 bits per heavy atom. The molecule has 1 saturated heterocycles. The first-order valence-electron chi connectivity index (χ1n) is 9.76. The van der Waals surface area contributed by atoms with Gasteiger partial charge in [-0.1, -0.05) is 53.5 Å². The molecule has 3 rings (SSSR count). The molecule has 6 nitrogen and oxygen atoms in total. The minimum absolute atomic E-state index is 0.0343. The summed E-state index contributed by atoms with van der Waals surface area (Å²) in [6, 6.07) is 14.2. The molecule has 1 heterocycles. The topological polar surface area (TPSA) is 69.7 Å². The Morgan fingerprint density at radius 3 is 2.10 bits per heavy atom. The molecule has 8 heteroatoms. The number of piperazine rings is 1. The summed E-state index contributed by atoms with van der Waals surface area (Å²) < 4.78 is 0. The number of rotatable bonds is 6. The Hall–Kier alpha value is -2.57. The Morgan fingerprint density at radius 2 is 1.47 bits per heavy atom. The molecule has 1 aliphatic rings. The fourth-order valence-corrected chi connectivity index (χ4v) is 3.86. The molecule has 158 valence electrons. The Balaban J connectivity index is 1.40. The van der Waals surface area contributed by atoms with Crippen LogP contribution in [0, 0.1) is 0 Å². The van der Waals surface area contributed by atoms with Crippen molar-refractivity contribution in [3.05, 3.63) is 69.7 Å². The lowest BCUT2D eigenvalue weighted by molar-refractivity contribution is -0.132. The molecule has 3 amide bonds. The van der Waals surface area contributed by atoms with Crippen molar-refractivity contribution in [3.8, 4) is 0 Å². The molecular weight excluding hydrogens is 425 g/mol. The van der Waals surface area contributed by atoms with Gasteiger partial charge in [-0.2, -0.15) is 0 Å². The normalized spacial score (nSPS) is 13.8. The summed E-state index contributed by atoms with van der Waals surface area (Å²) in [6.45, 7) is 2.09. The van der Waals surface area contributed by atoms with Gasteiger partial charge in [0.25, 0.3) is 5.91 Å². The largest absolute Gasteiger partial charge is 0.355 e. The van der Waals surface area contributed by atoms with Crippen LogP contribution in [0.1, 0.15) is 22.3 Å². The molecule has 0 radical (unpaired) electrons. The Bertz CT molecular complexity index is 893.